The van der Waals surface area contributed by atoms with Crippen LogP contribution in [-0.4, -0.2) is 21.0 Å². The van der Waals surface area contributed by atoms with Gasteiger partial charge < -0.3 is 15.4 Å². The molecule has 0 saturated carbocycles. The molecular formula is C28H25N3O3S. The Bertz CT molecular complexity index is 1610. The molecule has 0 aliphatic heterocycles. The Morgan fingerprint density at radius 1 is 1.06 bits per heavy atom. The molecular weight excluding hydrogens is 458 g/mol. The quantitative estimate of drug-likeness (QED) is 0.305. The summed E-state index contributed by atoms with van der Waals surface area (Å²) in [5.74, 6) is 0.411. The second-order valence-electron chi connectivity index (χ2n) is 8.61. The van der Waals surface area contributed by atoms with E-state index in [0.717, 1.165) is 26.8 Å². The van der Waals surface area contributed by atoms with Crippen molar-refractivity contribution in [3.8, 4) is 5.75 Å². The first-order chi connectivity index (χ1) is 16.9. The Hall–Kier alpha value is -3.97. The standard InChI is InChI=1S/C28H25N3O3S/c1-16-17(2)35-28-24(16)27(34)29-22(30-28)14-15-23(33)31-26(19-9-4-3-5-10-19)25-20-11-7-6-8-18(20)12-13-21(25)32/h3-13,26,32H,14-15H2,1-2H3,(H,31,33)(H,29,30,34). The number of aromatic nitrogens is 2. The third-order valence-corrected chi connectivity index (χ3v) is 7.45. The zero-order chi connectivity index (χ0) is 24.5. The van der Waals surface area contributed by atoms with E-state index in [0.29, 0.717) is 28.0 Å². The number of aromatic hydroxyl groups is 1. The summed E-state index contributed by atoms with van der Waals surface area (Å²) in [6, 6.07) is 20.4. The molecule has 0 bridgehead atoms. The van der Waals surface area contributed by atoms with Gasteiger partial charge in [0.05, 0.1) is 11.4 Å². The fourth-order valence-corrected chi connectivity index (χ4v) is 5.49. The van der Waals surface area contributed by atoms with E-state index in [2.05, 4.69) is 15.3 Å². The number of carbonyl (C=O) groups is 1. The van der Waals surface area contributed by atoms with Crippen LogP contribution in [-0.2, 0) is 11.2 Å². The molecule has 0 saturated heterocycles. The van der Waals surface area contributed by atoms with E-state index in [1.54, 1.807) is 6.07 Å². The number of rotatable bonds is 6. The zero-order valence-corrected chi connectivity index (χ0v) is 20.3. The number of nitrogens with one attached hydrogen (secondary N) is 2. The van der Waals surface area contributed by atoms with Crippen LogP contribution in [0.3, 0.4) is 0 Å². The average molecular weight is 484 g/mol. The van der Waals surface area contributed by atoms with Crippen LogP contribution in [0.2, 0.25) is 0 Å². The summed E-state index contributed by atoms with van der Waals surface area (Å²) in [6.07, 6.45) is 0.447. The van der Waals surface area contributed by atoms with E-state index < -0.39 is 6.04 Å². The summed E-state index contributed by atoms with van der Waals surface area (Å²) in [4.78, 5) is 34.9. The van der Waals surface area contributed by atoms with Crippen LogP contribution >= 0.6 is 11.3 Å². The molecule has 0 aliphatic rings. The number of H-pyrrole nitrogens is 1. The van der Waals surface area contributed by atoms with Gasteiger partial charge in [-0.2, -0.15) is 0 Å². The van der Waals surface area contributed by atoms with Gasteiger partial charge in [-0.05, 0) is 41.8 Å². The molecule has 3 aromatic carbocycles. The first kappa shape index (κ1) is 22.8. The van der Waals surface area contributed by atoms with Gasteiger partial charge in [0.2, 0.25) is 5.91 Å². The monoisotopic (exact) mass is 483 g/mol. The Labute approximate surface area is 206 Å². The first-order valence-corrected chi connectivity index (χ1v) is 12.3. The van der Waals surface area contributed by atoms with Gasteiger partial charge >= 0.3 is 0 Å². The third-order valence-electron chi connectivity index (χ3n) is 6.35. The number of aromatic amines is 1. The Balaban J connectivity index is 1.43. The maximum Gasteiger partial charge on any atom is 0.259 e. The first-order valence-electron chi connectivity index (χ1n) is 11.5. The number of thiophene rings is 1. The lowest BCUT2D eigenvalue weighted by Crippen LogP contribution is -2.30. The molecule has 35 heavy (non-hydrogen) atoms. The Morgan fingerprint density at radius 3 is 2.60 bits per heavy atom. The number of hydrogen-bond donors (Lipinski definition) is 3. The number of benzene rings is 3. The number of hydrogen-bond acceptors (Lipinski definition) is 5. The van der Waals surface area contributed by atoms with Gasteiger partial charge in [-0.3, -0.25) is 9.59 Å². The Kier molecular flexibility index (Phi) is 6.09. The molecule has 0 fully saturated rings. The van der Waals surface area contributed by atoms with Crippen LogP contribution in [0, 0.1) is 13.8 Å². The van der Waals surface area contributed by atoms with Crippen molar-refractivity contribution in [2.75, 3.05) is 0 Å². The predicted molar refractivity (Wildman–Crippen MR) is 140 cm³/mol. The van der Waals surface area contributed by atoms with E-state index in [-0.39, 0.29) is 23.6 Å². The lowest BCUT2D eigenvalue weighted by Gasteiger charge is -2.22. The molecule has 176 valence electrons. The smallest absolute Gasteiger partial charge is 0.259 e. The van der Waals surface area contributed by atoms with Gasteiger partial charge in [-0.15, -0.1) is 11.3 Å². The predicted octanol–water partition coefficient (Wildman–Crippen LogP) is 5.30. The number of aryl methyl sites for hydroxylation is 3. The lowest BCUT2D eigenvalue weighted by atomic mass is 9.92. The molecule has 1 unspecified atom stereocenters. The Morgan fingerprint density at radius 2 is 1.80 bits per heavy atom. The molecule has 5 rings (SSSR count). The topological polar surface area (TPSA) is 95.1 Å². The summed E-state index contributed by atoms with van der Waals surface area (Å²) in [6.45, 7) is 3.89. The second-order valence-corrected chi connectivity index (χ2v) is 9.81. The van der Waals surface area contributed by atoms with Gasteiger partial charge in [0.25, 0.3) is 5.56 Å². The molecule has 2 aromatic heterocycles. The largest absolute Gasteiger partial charge is 0.508 e. The van der Waals surface area contributed by atoms with Crippen LogP contribution in [0.5, 0.6) is 5.75 Å². The minimum absolute atomic E-state index is 0.123. The van der Waals surface area contributed by atoms with E-state index in [4.69, 9.17) is 0 Å². The summed E-state index contributed by atoms with van der Waals surface area (Å²) in [7, 11) is 0. The molecule has 6 nitrogen and oxygen atoms in total. The van der Waals surface area contributed by atoms with E-state index in [1.807, 2.05) is 74.5 Å². The number of nitrogens with zero attached hydrogens (tertiary/aromatic N) is 1. The summed E-state index contributed by atoms with van der Waals surface area (Å²) in [5, 5.41) is 16.4. The highest BCUT2D eigenvalue weighted by Gasteiger charge is 2.22. The van der Waals surface area contributed by atoms with Crippen LogP contribution in [0.4, 0.5) is 0 Å². The molecule has 1 atom stereocenters. The van der Waals surface area contributed by atoms with Crippen molar-refractivity contribution in [1.29, 1.82) is 0 Å². The van der Waals surface area contributed by atoms with Crippen molar-refractivity contribution >= 4 is 38.2 Å². The highest BCUT2D eigenvalue weighted by molar-refractivity contribution is 7.18. The highest BCUT2D eigenvalue weighted by Crippen LogP contribution is 2.36. The molecule has 0 spiro atoms. The molecule has 7 heteroatoms. The van der Waals surface area contributed by atoms with Gasteiger partial charge in [0, 0.05) is 23.3 Å². The van der Waals surface area contributed by atoms with E-state index in [1.165, 1.54) is 11.3 Å². The molecule has 0 radical (unpaired) electrons. The average Bonchev–Trinajstić information content (AvgIpc) is 3.15. The fourth-order valence-electron chi connectivity index (χ4n) is 4.44. The van der Waals surface area contributed by atoms with Gasteiger partial charge in [-0.25, -0.2) is 4.98 Å². The number of phenols is 1. The van der Waals surface area contributed by atoms with Crippen LogP contribution in [0.25, 0.3) is 21.0 Å². The van der Waals surface area contributed by atoms with E-state index in [9.17, 15) is 14.7 Å². The molecule has 0 aliphatic carbocycles. The van der Waals surface area contributed by atoms with Crippen LogP contribution in [0.1, 0.15) is 39.9 Å². The van der Waals surface area contributed by atoms with Crippen molar-refractivity contribution in [1.82, 2.24) is 15.3 Å². The highest BCUT2D eigenvalue weighted by atomic mass is 32.1. The van der Waals surface area contributed by atoms with Crippen molar-refractivity contribution in [3.05, 3.63) is 104 Å². The minimum Gasteiger partial charge on any atom is -0.508 e. The SMILES string of the molecule is Cc1sc2nc(CCC(=O)NC(c3ccccc3)c3c(O)ccc4ccccc34)[nH]c(=O)c2c1C. The summed E-state index contributed by atoms with van der Waals surface area (Å²) < 4.78 is 0. The van der Waals surface area contributed by atoms with Gasteiger partial charge in [0.15, 0.2) is 0 Å². The molecule has 2 heterocycles. The normalized spacial score (nSPS) is 12.2. The van der Waals surface area contributed by atoms with Crippen molar-refractivity contribution in [3.63, 3.8) is 0 Å². The fraction of sp³-hybridized carbons (Fsp3) is 0.179. The molecule has 5 aromatic rings. The van der Waals surface area contributed by atoms with Crippen LogP contribution in [0.15, 0.2) is 71.5 Å². The lowest BCUT2D eigenvalue weighted by molar-refractivity contribution is -0.121. The number of phenolic OH excluding ortho intramolecular Hbond substituents is 1. The number of amides is 1. The van der Waals surface area contributed by atoms with Crippen molar-refractivity contribution in [2.24, 2.45) is 0 Å². The van der Waals surface area contributed by atoms with Gasteiger partial charge in [0.1, 0.15) is 16.4 Å². The molecule has 3 N–H and O–H groups in total. The van der Waals surface area contributed by atoms with Gasteiger partial charge in [-0.1, -0.05) is 60.7 Å². The van der Waals surface area contributed by atoms with Crippen LogP contribution < -0.4 is 10.9 Å². The molecule has 1 amide bonds. The maximum absolute atomic E-state index is 13.1. The number of carbonyl (C=O) groups excluding carboxylic acids is 1. The second kappa shape index (κ2) is 9.35. The zero-order valence-electron chi connectivity index (χ0n) is 19.5. The summed E-state index contributed by atoms with van der Waals surface area (Å²) in [5.41, 5.74) is 2.30. The summed E-state index contributed by atoms with van der Waals surface area (Å²) >= 11 is 1.49. The number of fused-ring (bicyclic) bond motifs is 2. The third kappa shape index (κ3) is 4.42. The minimum atomic E-state index is -0.535. The van der Waals surface area contributed by atoms with E-state index >= 15 is 0 Å². The van der Waals surface area contributed by atoms with Crippen molar-refractivity contribution < 1.29 is 9.90 Å². The maximum atomic E-state index is 13.1. The van der Waals surface area contributed by atoms with Crippen molar-refractivity contribution in [2.45, 2.75) is 32.7 Å².